The van der Waals surface area contributed by atoms with Gasteiger partial charge in [0.15, 0.2) is 5.78 Å². The number of hydrogen-bond donors (Lipinski definition) is 3. The summed E-state index contributed by atoms with van der Waals surface area (Å²) in [4.78, 5) is 34.4. The van der Waals surface area contributed by atoms with Gasteiger partial charge < -0.3 is 15.7 Å². The molecule has 0 radical (unpaired) electrons. The van der Waals surface area contributed by atoms with Crippen molar-refractivity contribution in [2.75, 3.05) is 16.8 Å². The molecular weight excluding hydrogens is 292 g/mol. The minimum absolute atomic E-state index is 0.0567. The van der Waals surface area contributed by atoms with Crippen LogP contribution >= 0.6 is 11.8 Å². The number of carboxylic acids is 1. The standard InChI is InChI=1S/C14H16N2O4S/c1-9(17)10-2-4-11(5-3-10)15-13(20)16-14(12(18)19)6-7-21-8-14/h2-5H,6-8H2,1H3,(H,18,19)(H2,15,16,20). The maximum atomic E-state index is 11.9. The number of carbonyl (C=O) groups is 3. The van der Waals surface area contributed by atoms with Crippen LogP contribution < -0.4 is 10.6 Å². The van der Waals surface area contributed by atoms with E-state index < -0.39 is 17.5 Å². The third kappa shape index (κ3) is 3.55. The van der Waals surface area contributed by atoms with Crippen molar-refractivity contribution in [2.24, 2.45) is 0 Å². The number of anilines is 1. The molecule has 3 N–H and O–H groups in total. The van der Waals surface area contributed by atoms with Crippen LogP contribution in [0.25, 0.3) is 0 Å². The van der Waals surface area contributed by atoms with E-state index in [2.05, 4.69) is 10.6 Å². The van der Waals surface area contributed by atoms with E-state index in [-0.39, 0.29) is 5.78 Å². The molecular formula is C14H16N2O4S. The molecule has 0 spiro atoms. The summed E-state index contributed by atoms with van der Waals surface area (Å²) in [6.45, 7) is 1.46. The zero-order chi connectivity index (χ0) is 15.5. The summed E-state index contributed by atoms with van der Waals surface area (Å²) in [5.74, 6) is -0.00720. The van der Waals surface area contributed by atoms with Gasteiger partial charge in [0.05, 0.1) is 0 Å². The first-order valence-corrected chi connectivity index (χ1v) is 7.60. The number of ketones is 1. The molecule has 1 atom stereocenters. The Morgan fingerprint density at radius 2 is 1.90 bits per heavy atom. The highest BCUT2D eigenvalue weighted by Crippen LogP contribution is 2.28. The average molecular weight is 308 g/mol. The van der Waals surface area contributed by atoms with Gasteiger partial charge in [-0.1, -0.05) is 0 Å². The summed E-state index contributed by atoms with van der Waals surface area (Å²) in [5.41, 5.74) is -0.146. The van der Waals surface area contributed by atoms with E-state index in [1.54, 1.807) is 24.3 Å². The normalized spacial score (nSPS) is 20.8. The summed E-state index contributed by atoms with van der Waals surface area (Å²) in [6, 6.07) is 5.86. The van der Waals surface area contributed by atoms with E-state index in [0.717, 1.165) is 0 Å². The van der Waals surface area contributed by atoms with Crippen molar-refractivity contribution >= 4 is 35.2 Å². The molecule has 1 unspecified atom stereocenters. The summed E-state index contributed by atoms with van der Waals surface area (Å²) < 4.78 is 0. The maximum absolute atomic E-state index is 11.9. The first kappa shape index (κ1) is 15.4. The van der Waals surface area contributed by atoms with Crippen molar-refractivity contribution in [1.29, 1.82) is 0 Å². The Kier molecular flexibility index (Phi) is 4.52. The number of thioether (sulfide) groups is 1. The van der Waals surface area contributed by atoms with E-state index >= 15 is 0 Å². The van der Waals surface area contributed by atoms with Crippen LogP contribution in [0.1, 0.15) is 23.7 Å². The van der Waals surface area contributed by atoms with Gasteiger partial charge in [-0.05, 0) is 43.4 Å². The number of hydrogen-bond acceptors (Lipinski definition) is 4. The number of amides is 2. The first-order chi connectivity index (χ1) is 9.93. The smallest absolute Gasteiger partial charge is 0.330 e. The van der Waals surface area contributed by atoms with E-state index in [0.29, 0.717) is 29.2 Å². The minimum Gasteiger partial charge on any atom is -0.479 e. The molecule has 1 fully saturated rings. The van der Waals surface area contributed by atoms with Gasteiger partial charge >= 0.3 is 12.0 Å². The van der Waals surface area contributed by atoms with Gasteiger partial charge in [0.1, 0.15) is 5.54 Å². The molecule has 0 bridgehead atoms. The summed E-state index contributed by atoms with van der Waals surface area (Å²) in [5, 5.41) is 14.4. The first-order valence-electron chi connectivity index (χ1n) is 6.44. The zero-order valence-corrected chi connectivity index (χ0v) is 12.3. The fraction of sp³-hybridized carbons (Fsp3) is 0.357. The highest BCUT2D eigenvalue weighted by Gasteiger charge is 2.43. The largest absolute Gasteiger partial charge is 0.479 e. The topological polar surface area (TPSA) is 95.5 Å². The number of urea groups is 1. The van der Waals surface area contributed by atoms with Crippen LogP contribution in [0.4, 0.5) is 10.5 Å². The minimum atomic E-state index is -1.20. The average Bonchev–Trinajstić information content (AvgIpc) is 2.89. The molecule has 1 heterocycles. The Bertz CT molecular complexity index is 565. The van der Waals surface area contributed by atoms with Crippen LogP contribution in [0.5, 0.6) is 0 Å². The number of nitrogens with one attached hydrogen (secondary N) is 2. The Hall–Kier alpha value is -2.02. The van der Waals surface area contributed by atoms with E-state index in [9.17, 15) is 19.5 Å². The van der Waals surface area contributed by atoms with E-state index in [4.69, 9.17) is 0 Å². The molecule has 0 aromatic heterocycles. The summed E-state index contributed by atoms with van der Waals surface area (Å²) >= 11 is 1.50. The van der Waals surface area contributed by atoms with Gasteiger partial charge in [-0.15, -0.1) is 0 Å². The van der Waals surface area contributed by atoms with Crippen LogP contribution in [0.3, 0.4) is 0 Å². The maximum Gasteiger partial charge on any atom is 0.330 e. The Balaban J connectivity index is 2.01. The summed E-state index contributed by atoms with van der Waals surface area (Å²) in [6.07, 6.45) is 0.406. The lowest BCUT2D eigenvalue weighted by Crippen LogP contribution is -2.55. The lowest BCUT2D eigenvalue weighted by molar-refractivity contribution is -0.143. The van der Waals surface area contributed by atoms with Crippen LogP contribution in [0, 0.1) is 0 Å². The van der Waals surface area contributed by atoms with E-state index in [1.807, 2.05) is 0 Å². The Labute approximate surface area is 126 Å². The Morgan fingerprint density at radius 3 is 2.38 bits per heavy atom. The SMILES string of the molecule is CC(=O)c1ccc(NC(=O)NC2(C(=O)O)CCSC2)cc1. The quantitative estimate of drug-likeness (QED) is 0.739. The monoisotopic (exact) mass is 308 g/mol. The van der Waals surface area contributed by atoms with Crippen LogP contribution in [0.15, 0.2) is 24.3 Å². The van der Waals surface area contributed by atoms with Gasteiger partial charge in [-0.25, -0.2) is 9.59 Å². The van der Waals surface area contributed by atoms with Crippen LogP contribution in [-0.2, 0) is 4.79 Å². The van der Waals surface area contributed by atoms with Crippen molar-refractivity contribution in [1.82, 2.24) is 5.32 Å². The van der Waals surface area contributed by atoms with Gasteiger partial charge in [-0.3, -0.25) is 4.79 Å². The molecule has 21 heavy (non-hydrogen) atoms. The van der Waals surface area contributed by atoms with Crippen molar-refractivity contribution in [3.8, 4) is 0 Å². The molecule has 7 heteroatoms. The second kappa shape index (κ2) is 6.17. The molecule has 0 aliphatic carbocycles. The number of benzene rings is 1. The van der Waals surface area contributed by atoms with E-state index in [1.165, 1.54) is 18.7 Å². The molecule has 1 aliphatic heterocycles. The van der Waals surface area contributed by atoms with Crippen LogP contribution in [-0.4, -0.2) is 39.9 Å². The molecule has 1 aromatic carbocycles. The fourth-order valence-corrected chi connectivity index (χ4v) is 3.38. The molecule has 0 saturated carbocycles. The van der Waals surface area contributed by atoms with Crippen molar-refractivity contribution in [3.63, 3.8) is 0 Å². The van der Waals surface area contributed by atoms with Crippen molar-refractivity contribution in [2.45, 2.75) is 18.9 Å². The second-order valence-electron chi connectivity index (χ2n) is 4.90. The van der Waals surface area contributed by atoms with Gasteiger partial charge in [0.25, 0.3) is 0 Å². The highest BCUT2D eigenvalue weighted by atomic mass is 32.2. The third-order valence-corrected chi connectivity index (χ3v) is 4.52. The van der Waals surface area contributed by atoms with Gasteiger partial charge in [-0.2, -0.15) is 11.8 Å². The Morgan fingerprint density at radius 1 is 1.24 bits per heavy atom. The zero-order valence-electron chi connectivity index (χ0n) is 11.5. The molecule has 1 aliphatic rings. The van der Waals surface area contributed by atoms with Crippen molar-refractivity contribution in [3.05, 3.63) is 29.8 Å². The summed E-state index contributed by atoms with van der Waals surface area (Å²) in [7, 11) is 0. The molecule has 2 amide bonds. The van der Waals surface area contributed by atoms with Crippen molar-refractivity contribution < 1.29 is 19.5 Å². The molecule has 112 valence electrons. The number of carbonyl (C=O) groups excluding carboxylic acids is 2. The molecule has 1 aromatic rings. The number of rotatable bonds is 4. The highest BCUT2D eigenvalue weighted by molar-refractivity contribution is 7.99. The predicted octanol–water partition coefficient (Wildman–Crippen LogP) is 1.97. The number of Topliss-reactive ketones (excluding diaryl/α,β-unsaturated/α-hetero) is 1. The number of carboxylic acid groups (broad SMARTS) is 1. The third-order valence-electron chi connectivity index (χ3n) is 3.33. The molecule has 6 nitrogen and oxygen atoms in total. The lowest BCUT2D eigenvalue weighted by Gasteiger charge is -2.24. The predicted molar refractivity (Wildman–Crippen MR) is 80.9 cm³/mol. The second-order valence-corrected chi connectivity index (χ2v) is 6.01. The van der Waals surface area contributed by atoms with Gasteiger partial charge in [0.2, 0.25) is 0 Å². The fourth-order valence-electron chi connectivity index (χ4n) is 2.05. The number of aliphatic carboxylic acids is 1. The molecule has 1 saturated heterocycles. The van der Waals surface area contributed by atoms with Crippen LogP contribution in [0.2, 0.25) is 0 Å². The lowest BCUT2D eigenvalue weighted by atomic mass is 10.00. The van der Waals surface area contributed by atoms with Gasteiger partial charge in [0, 0.05) is 17.0 Å². The molecule has 2 rings (SSSR count).